The highest BCUT2D eigenvalue weighted by Gasteiger charge is 2.35. The van der Waals surface area contributed by atoms with Crippen molar-refractivity contribution < 1.29 is 9.53 Å². The van der Waals surface area contributed by atoms with Crippen LogP contribution in [0.5, 0.6) is 0 Å². The zero-order chi connectivity index (χ0) is 9.19. The van der Waals surface area contributed by atoms with Crippen LogP contribution >= 0.6 is 0 Å². The zero-order valence-corrected chi connectivity index (χ0v) is 7.80. The van der Waals surface area contributed by atoms with Crippen LogP contribution in [0.25, 0.3) is 0 Å². The van der Waals surface area contributed by atoms with Gasteiger partial charge in [0.05, 0.1) is 5.41 Å². The molecule has 2 heteroatoms. The first-order valence-corrected chi connectivity index (χ1v) is 4.38. The van der Waals surface area contributed by atoms with Gasteiger partial charge in [-0.3, -0.25) is 4.79 Å². The number of carbonyl (C=O) groups excluding carboxylic acids is 1. The van der Waals surface area contributed by atoms with Gasteiger partial charge in [-0.05, 0) is 26.7 Å². The summed E-state index contributed by atoms with van der Waals surface area (Å²) >= 11 is 0. The second-order valence-corrected chi connectivity index (χ2v) is 3.97. The number of rotatable bonds is 2. The molecule has 0 N–H and O–H groups in total. The molecule has 1 rings (SSSR count). The lowest BCUT2D eigenvalue weighted by molar-refractivity contribution is -0.167. The van der Waals surface area contributed by atoms with E-state index in [1.165, 1.54) is 0 Å². The summed E-state index contributed by atoms with van der Waals surface area (Å²) in [6.45, 7) is 7.48. The van der Waals surface area contributed by atoms with Gasteiger partial charge >= 0.3 is 5.97 Å². The van der Waals surface area contributed by atoms with Gasteiger partial charge in [0, 0.05) is 6.42 Å². The summed E-state index contributed by atoms with van der Waals surface area (Å²) in [6.07, 6.45) is 4.54. The van der Waals surface area contributed by atoms with Crippen molar-refractivity contribution >= 4 is 5.97 Å². The van der Waals surface area contributed by atoms with Crippen molar-refractivity contribution in [3.05, 3.63) is 12.7 Å². The molecular weight excluding hydrogens is 152 g/mol. The molecule has 1 saturated heterocycles. The minimum absolute atomic E-state index is 0.0689. The Morgan fingerprint density at radius 3 is 2.92 bits per heavy atom. The van der Waals surface area contributed by atoms with Gasteiger partial charge in [0.1, 0.15) is 6.10 Å². The molecule has 0 aromatic rings. The SMILES string of the molecule is C=CC[C@H]1CCC(C)(C)C(=O)O1. The Balaban J connectivity index is 2.52. The second-order valence-electron chi connectivity index (χ2n) is 3.97. The second kappa shape index (κ2) is 3.30. The van der Waals surface area contributed by atoms with Crippen LogP contribution in [-0.2, 0) is 9.53 Å². The van der Waals surface area contributed by atoms with E-state index in [-0.39, 0.29) is 17.5 Å². The Hall–Kier alpha value is -0.790. The molecular formula is C10H16O2. The standard InChI is InChI=1S/C10H16O2/c1-4-5-8-6-7-10(2,3)9(11)12-8/h4,8H,1,5-7H2,2-3H3/t8-/m0/s1. The van der Waals surface area contributed by atoms with Crippen LogP contribution in [0.4, 0.5) is 0 Å². The Morgan fingerprint density at radius 2 is 2.42 bits per heavy atom. The Morgan fingerprint density at radius 1 is 1.75 bits per heavy atom. The van der Waals surface area contributed by atoms with E-state index < -0.39 is 0 Å². The summed E-state index contributed by atoms with van der Waals surface area (Å²) in [5.74, 6) is -0.0689. The molecule has 0 saturated carbocycles. The summed E-state index contributed by atoms with van der Waals surface area (Å²) in [7, 11) is 0. The molecule has 0 bridgehead atoms. The van der Waals surface area contributed by atoms with E-state index >= 15 is 0 Å². The molecule has 0 spiro atoms. The highest BCUT2D eigenvalue weighted by Crippen LogP contribution is 2.32. The molecule has 1 atom stereocenters. The fourth-order valence-corrected chi connectivity index (χ4v) is 1.35. The van der Waals surface area contributed by atoms with Crippen LogP contribution in [-0.4, -0.2) is 12.1 Å². The first-order valence-electron chi connectivity index (χ1n) is 4.38. The quantitative estimate of drug-likeness (QED) is 0.467. The first-order chi connectivity index (χ1) is 5.56. The lowest BCUT2D eigenvalue weighted by Gasteiger charge is -2.32. The minimum Gasteiger partial charge on any atom is -0.462 e. The summed E-state index contributed by atoms with van der Waals surface area (Å²) in [5, 5.41) is 0. The fourth-order valence-electron chi connectivity index (χ4n) is 1.35. The van der Waals surface area contributed by atoms with Crippen molar-refractivity contribution in [1.29, 1.82) is 0 Å². The van der Waals surface area contributed by atoms with Gasteiger partial charge in [0.25, 0.3) is 0 Å². The van der Waals surface area contributed by atoms with Gasteiger partial charge in [-0.15, -0.1) is 6.58 Å². The van der Waals surface area contributed by atoms with Crippen LogP contribution in [0.1, 0.15) is 33.1 Å². The molecule has 0 amide bonds. The summed E-state index contributed by atoms with van der Waals surface area (Å²) in [6, 6.07) is 0. The average Bonchev–Trinajstić information content (AvgIpc) is 1.98. The van der Waals surface area contributed by atoms with Crippen molar-refractivity contribution in [3.63, 3.8) is 0 Å². The molecule has 68 valence electrons. The number of ether oxygens (including phenoxy) is 1. The maximum atomic E-state index is 11.3. The molecule has 1 aliphatic heterocycles. The molecule has 2 nitrogen and oxygen atoms in total. The highest BCUT2D eigenvalue weighted by atomic mass is 16.5. The third kappa shape index (κ3) is 1.87. The van der Waals surface area contributed by atoms with Crippen molar-refractivity contribution in [3.8, 4) is 0 Å². The predicted molar refractivity (Wildman–Crippen MR) is 47.7 cm³/mol. The first kappa shape index (κ1) is 9.30. The van der Waals surface area contributed by atoms with Gasteiger partial charge in [-0.25, -0.2) is 0 Å². The fraction of sp³-hybridized carbons (Fsp3) is 0.700. The number of carbonyl (C=O) groups is 1. The maximum Gasteiger partial charge on any atom is 0.311 e. The molecule has 1 fully saturated rings. The van der Waals surface area contributed by atoms with Crippen LogP contribution in [0.2, 0.25) is 0 Å². The molecule has 0 aromatic carbocycles. The van der Waals surface area contributed by atoms with Crippen molar-refractivity contribution in [2.24, 2.45) is 5.41 Å². The highest BCUT2D eigenvalue weighted by molar-refractivity contribution is 5.76. The molecule has 1 heterocycles. The zero-order valence-electron chi connectivity index (χ0n) is 7.80. The molecule has 0 aliphatic carbocycles. The van der Waals surface area contributed by atoms with E-state index in [0.717, 1.165) is 19.3 Å². The number of hydrogen-bond donors (Lipinski definition) is 0. The Labute approximate surface area is 73.6 Å². The van der Waals surface area contributed by atoms with Gasteiger partial charge in [0.15, 0.2) is 0 Å². The predicted octanol–water partition coefficient (Wildman–Crippen LogP) is 2.29. The van der Waals surface area contributed by atoms with Crippen LogP contribution in [0.15, 0.2) is 12.7 Å². The number of cyclic esters (lactones) is 1. The van der Waals surface area contributed by atoms with Crippen molar-refractivity contribution in [2.75, 3.05) is 0 Å². The van der Waals surface area contributed by atoms with E-state index in [1.807, 2.05) is 13.8 Å². The van der Waals surface area contributed by atoms with Crippen molar-refractivity contribution in [2.45, 2.75) is 39.2 Å². The molecule has 12 heavy (non-hydrogen) atoms. The van der Waals surface area contributed by atoms with E-state index in [2.05, 4.69) is 6.58 Å². The van der Waals surface area contributed by atoms with Crippen LogP contribution in [0.3, 0.4) is 0 Å². The lowest BCUT2D eigenvalue weighted by atomic mass is 9.84. The lowest BCUT2D eigenvalue weighted by Crippen LogP contribution is -2.36. The Kier molecular flexibility index (Phi) is 2.55. The smallest absolute Gasteiger partial charge is 0.311 e. The summed E-state index contributed by atoms with van der Waals surface area (Å²) in [5.41, 5.74) is -0.280. The van der Waals surface area contributed by atoms with Gasteiger partial charge in [-0.2, -0.15) is 0 Å². The van der Waals surface area contributed by atoms with E-state index in [0.29, 0.717) is 0 Å². The average molecular weight is 168 g/mol. The van der Waals surface area contributed by atoms with Gasteiger partial charge in [0.2, 0.25) is 0 Å². The molecule has 0 aromatic heterocycles. The molecule has 1 aliphatic rings. The summed E-state index contributed by atoms with van der Waals surface area (Å²) < 4.78 is 5.23. The van der Waals surface area contributed by atoms with E-state index in [9.17, 15) is 4.79 Å². The normalized spacial score (nSPS) is 27.8. The van der Waals surface area contributed by atoms with E-state index in [4.69, 9.17) is 4.74 Å². The number of esters is 1. The maximum absolute atomic E-state index is 11.3. The Bertz CT molecular complexity index is 194. The van der Waals surface area contributed by atoms with Gasteiger partial charge < -0.3 is 4.74 Å². The van der Waals surface area contributed by atoms with Crippen LogP contribution in [0, 0.1) is 5.41 Å². The third-order valence-electron chi connectivity index (χ3n) is 2.35. The molecule has 0 radical (unpaired) electrons. The van der Waals surface area contributed by atoms with E-state index in [1.54, 1.807) is 6.08 Å². The minimum atomic E-state index is -0.280. The molecule has 0 unspecified atom stereocenters. The van der Waals surface area contributed by atoms with Crippen molar-refractivity contribution in [1.82, 2.24) is 0 Å². The topological polar surface area (TPSA) is 26.3 Å². The van der Waals surface area contributed by atoms with Gasteiger partial charge in [-0.1, -0.05) is 6.08 Å². The third-order valence-corrected chi connectivity index (χ3v) is 2.35. The number of hydrogen-bond acceptors (Lipinski definition) is 2. The monoisotopic (exact) mass is 168 g/mol. The largest absolute Gasteiger partial charge is 0.462 e. The summed E-state index contributed by atoms with van der Waals surface area (Å²) in [4.78, 5) is 11.3. The van der Waals surface area contributed by atoms with Crippen LogP contribution < -0.4 is 0 Å².